The quantitative estimate of drug-likeness (QED) is 0.829. The van der Waals surface area contributed by atoms with E-state index in [1.54, 1.807) is 18.3 Å². The summed E-state index contributed by atoms with van der Waals surface area (Å²) in [5, 5.41) is 12.4. The van der Waals surface area contributed by atoms with Gasteiger partial charge in [-0.05, 0) is 18.6 Å². The van der Waals surface area contributed by atoms with Crippen molar-refractivity contribution in [2.45, 2.75) is 12.8 Å². The third-order valence-electron chi connectivity index (χ3n) is 2.46. The van der Waals surface area contributed by atoms with Crippen molar-refractivity contribution in [3.63, 3.8) is 0 Å². The molecule has 0 unspecified atom stereocenters. The first-order chi connectivity index (χ1) is 9.06. The maximum atomic E-state index is 10.4. The highest BCUT2D eigenvalue weighted by Gasteiger charge is 2.04. The first-order valence-electron chi connectivity index (χ1n) is 5.64. The molecule has 0 aliphatic rings. The van der Waals surface area contributed by atoms with Gasteiger partial charge in [0, 0.05) is 13.0 Å². The van der Waals surface area contributed by atoms with Crippen LogP contribution in [0.5, 0.6) is 0 Å². The minimum Gasteiger partial charge on any atom is -0.481 e. The molecule has 0 radical (unpaired) electrons. The minimum atomic E-state index is -0.812. The monoisotopic (exact) mass is 299 g/mol. The van der Waals surface area contributed by atoms with Crippen molar-refractivity contribution in [1.29, 1.82) is 0 Å². The van der Waals surface area contributed by atoms with Crippen molar-refractivity contribution in [2.75, 3.05) is 11.9 Å². The standard InChI is InChI=1S/C12H11Cl2N3O2/c13-7-4-9-10(5-8(7)14)17-11(6-16-9)15-3-1-2-12(18)19/h4-6H,1-3H2,(H,15,17)(H,18,19). The third kappa shape index (κ3) is 3.68. The van der Waals surface area contributed by atoms with Crippen molar-refractivity contribution in [1.82, 2.24) is 9.97 Å². The van der Waals surface area contributed by atoms with E-state index >= 15 is 0 Å². The lowest BCUT2D eigenvalue weighted by Crippen LogP contribution is -2.06. The molecular formula is C12H11Cl2N3O2. The molecule has 1 aromatic carbocycles. The van der Waals surface area contributed by atoms with Gasteiger partial charge in [-0.2, -0.15) is 0 Å². The SMILES string of the molecule is O=C(O)CCCNc1cnc2cc(Cl)c(Cl)cc2n1. The van der Waals surface area contributed by atoms with E-state index in [4.69, 9.17) is 28.3 Å². The van der Waals surface area contributed by atoms with Crippen molar-refractivity contribution < 1.29 is 9.90 Å². The van der Waals surface area contributed by atoms with Gasteiger partial charge in [-0.25, -0.2) is 4.98 Å². The Bertz CT molecular complexity index is 619. The molecular weight excluding hydrogens is 289 g/mol. The highest BCUT2D eigenvalue weighted by Crippen LogP contribution is 2.26. The van der Waals surface area contributed by atoms with Gasteiger partial charge in [0.1, 0.15) is 5.82 Å². The fourth-order valence-corrected chi connectivity index (χ4v) is 1.87. The number of aromatic nitrogens is 2. The number of hydrogen-bond acceptors (Lipinski definition) is 4. The summed E-state index contributed by atoms with van der Waals surface area (Å²) in [4.78, 5) is 18.9. The van der Waals surface area contributed by atoms with Gasteiger partial charge in [-0.3, -0.25) is 9.78 Å². The van der Waals surface area contributed by atoms with Gasteiger partial charge in [0.15, 0.2) is 0 Å². The largest absolute Gasteiger partial charge is 0.481 e. The second kappa shape index (κ2) is 6.04. The summed E-state index contributed by atoms with van der Waals surface area (Å²) >= 11 is 11.8. The van der Waals surface area contributed by atoms with Gasteiger partial charge in [0.05, 0.1) is 27.3 Å². The Hall–Kier alpha value is -1.59. The Balaban J connectivity index is 2.08. The molecule has 0 bridgehead atoms. The van der Waals surface area contributed by atoms with Crippen LogP contribution in [0.3, 0.4) is 0 Å². The summed E-state index contributed by atoms with van der Waals surface area (Å²) in [5.74, 6) is -0.232. The predicted octanol–water partition coefficient (Wildman–Crippen LogP) is 3.21. The summed E-state index contributed by atoms with van der Waals surface area (Å²) in [6.07, 6.45) is 2.22. The lowest BCUT2D eigenvalue weighted by Gasteiger charge is -2.06. The number of hydrogen-bond donors (Lipinski definition) is 2. The van der Waals surface area contributed by atoms with Gasteiger partial charge >= 0.3 is 5.97 Å². The first kappa shape index (κ1) is 13.8. The van der Waals surface area contributed by atoms with E-state index in [-0.39, 0.29) is 6.42 Å². The lowest BCUT2D eigenvalue weighted by molar-refractivity contribution is -0.137. The lowest BCUT2D eigenvalue weighted by atomic mass is 10.3. The van der Waals surface area contributed by atoms with Gasteiger partial charge in [-0.15, -0.1) is 0 Å². The Labute approximate surface area is 119 Å². The minimum absolute atomic E-state index is 0.120. The summed E-state index contributed by atoms with van der Waals surface area (Å²) < 4.78 is 0. The van der Waals surface area contributed by atoms with Gasteiger partial charge in [-0.1, -0.05) is 23.2 Å². The number of carboxylic acids is 1. The van der Waals surface area contributed by atoms with Crippen LogP contribution in [0.25, 0.3) is 11.0 Å². The summed E-state index contributed by atoms with van der Waals surface area (Å²) in [6, 6.07) is 3.30. The molecule has 19 heavy (non-hydrogen) atoms. The molecule has 2 aromatic rings. The summed E-state index contributed by atoms with van der Waals surface area (Å²) in [7, 11) is 0. The van der Waals surface area contributed by atoms with Crippen LogP contribution in [0.15, 0.2) is 18.3 Å². The fraction of sp³-hybridized carbons (Fsp3) is 0.250. The smallest absolute Gasteiger partial charge is 0.303 e. The highest BCUT2D eigenvalue weighted by molar-refractivity contribution is 6.42. The Morgan fingerprint density at radius 1 is 1.26 bits per heavy atom. The molecule has 0 saturated carbocycles. The van der Waals surface area contributed by atoms with Gasteiger partial charge in [0.2, 0.25) is 0 Å². The number of nitrogens with one attached hydrogen (secondary N) is 1. The Morgan fingerprint density at radius 2 is 1.95 bits per heavy atom. The van der Waals surface area contributed by atoms with Gasteiger partial charge < -0.3 is 10.4 Å². The van der Waals surface area contributed by atoms with Crippen LogP contribution in [-0.2, 0) is 4.79 Å². The highest BCUT2D eigenvalue weighted by atomic mass is 35.5. The number of nitrogens with zero attached hydrogens (tertiary/aromatic N) is 2. The molecule has 0 aliphatic carbocycles. The zero-order chi connectivity index (χ0) is 13.8. The molecule has 1 aromatic heterocycles. The molecule has 2 rings (SSSR count). The van der Waals surface area contributed by atoms with Crippen LogP contribution in [0, 0.1) is 0 Å². The number of benzene rings is 1. The van der Waals surface area contributed by atoms with Crippen LogP contribution in [0.4, 0.5) is 5.82 Å². The summed E-state index contributed by atoms with van der Waals surface area (Å²) in [6.45, 7) is 0.522. The van der Waals surface area contributed by atoms with E-state index in [0.29, 0.717) is 39.9 Å². The molecule has 2 N–H and O–H groups in total. The van der Waals surface area contributed by atoms with Crippen LogP contribution in [0.2, 0.25) is 10.0 Å². The predicted molar refractivity (Wildman–Crippen MR) is 74.9 cm³/mol. The molecule has 7 heteroatoms. The number of aliphatic carboxylic acids is 1. The molecule has 0 saturated heterocycles. The zero-order valence-corrected chi connectivity index (χ0v) is 11.4. The maximum Gasteiger partial charge on any atom is 0.303 e. The molecule has 1 heterocycles. The summed E-state index contributed by atoms with van der Waals surface area (Å²) in [5.41, 5.74) is 1.29. The molecule has 0 aliphatic heterocycles. The number of carbonyl (C=O) groups is 1. The van der Waals surface area contributed by atoms with E-state index in [1.807, 2.05) is 0 Å². The van der Waals surface area contributed by atoms with E-state index in [1.165, 1.54) is 0 Å². The fourth-order valence-electron chi connectivity index (χ4n) is 1.55. The third-order valence-corrected chi connectivity index (χ3v) is 3.18. The van der Waals surface area contributed by atoms with E-state index in [9.17, 15) is 4.79 Å². The number of halogens is 2. The Kier molecular flexibility index (Phi) is 4.39. The number of anilines is 1. The van der Waals surface area contributed by atoms with E-state index in [0.717, 1.165) is 0 Å². The Morgan fingerprint density at radius 3 is 2.63 bits per heavy atom. The van der Waals surface area contributed by atoms with Crippen molar-refractivity contribution in [3.05, 3.63) is 28.4 Å². The van der Waals surface area contributed by atoms with Crippen LogP contribution in [-0.4, -0.2) is 27.6 Å². The maximum absolute atomic E-state index is 10.4. The topological polar surface area (TPSA) is 75.1 Å². The molecule has 0 fully saturated rings. The molecule has 0 amide bonds. The first-order valence-corrected chi connectivity index (χ1v) is 6.39. The second-order valence-electron chi connectivity index (χ2n) is 3.93. The average Bonchev–Trinajstić information content (AvgIpc) is 2.36. The average molecular weight is 300 g/mol. The van der Waals surface area contributed by atoms with Crippen LogP contribution in [0.1, 0.15) is 12.8 Å². The van der Waals surface area contributed by atoms with E-state index in [2.05, 4.69) is 15.3 Å². The van der Waals surface area contributed by atoms with Crippen LogP contribution >= 0.6 is 23.2 Å². The van der Waals surface area contributed by atoms with Crippen molar-refractivity contribution in [2.24, 2.45) is 0 Å². The molecule has 5 nitrogen and oxygen atoms in total. The van der Waals surface area contributed by atoms with Crippen molar-refractivity contribution in [3.8, 4) is 0 Å². The zero-order valence-electron chi connectivity index (χ0n) is 9.86. The molecule has 0 atom stereocenters. The van der Waals surface area contributed by atoms with Gasteiger partial charge in [0.25, 0.3) is 0 Å². The number of fused-ring (bicyclic) bond motifs is 1. The molecule has 100 valence electrons. The normalized spacial score (nSPS) is 10.6. The van der Waals surface area contributed by atoms with E-state index < -0.39 is 5.97 Å². The van der Waals surface area contributed by atoms with Crippen molar-refractivity contribution >= 4 is 46.0 Å². The second-order valence-corrected chi connectivity index (χ2v) is 4.75. The molecule has 0 spiro atoms. The number of rotatable bonds is 5. The van der Waals surface area contributed by atoms with Crippen LogP contribution < -0.4 is 5.32 Å². The number of carboxylic acid groups (broad SMARTS) is 1.